The Bertz CT molecular complexity index is 1310. The van der Waals surface area contributed by atoms with Gasteiger partial charge in [0.15, 0.2) is 0 Å². The zero-order chi connectivity index (χ0) is 21.9. The quantitative estimate of drug-likeness (QED) is 0.290. The summed E-state index contributed by atoms with van der Waals surface area (Å²) in [7, 11) is 0. The second-order valence-electron chi connectivity index (χ2n) is 8.20. The molecule has 0 spiro atoms. The molecule has 32 heavy (non-hydrogen) atoms. The molecule has 2 nitrogen and oxygen atoms in total. The summed E-state index contributed by atoms with van der Waals surface area (Å²) in [6, 6.07) is 38.3. The molecule has 0 fully saturated rings. The van der Waals surface area contributed by atoms with Gasteiger partial charge in [0.25, 0.3) is 0 Å². The number of nitrogens with zero attached hydrogens (tertiary/aromatic N) is 2. The van der Waals surface area contributed by atoms with Gasteiger partial charge in [-0.25, -0.2) is 4.98 Å². The van der Waals surface area contributed by atoms with Crippen molar-refractivity contribution < 1.29 is 0 Å². The third kappa shape index (κ3) is 3.76. The van der Waals surface area contributed by atoms with E-state index in [0.29, 0.717) is 0 Å². The van der Waals surface area contributed by atoms with E-state index in [9.17, 15) is 0 Å². The normalized spacial score (nSPS) is 10.9. The van der Waals surface area contributed by atoms with Gasteiger partial charge in [-0.05, 0) is 30.5 Å². The molecule has 0 aliphatic rings. The van der Waals surface area contributed by atoms with Crippen molar-refractivity contribution >= 4 is 0 Å². The molecule has 156 valence electrons. The molecule has 0 saturated heterocycles. The van der Waals surface area contributed by atoms with Gasteiger partial charge in [-0.3, -0.25) is 0 Å². The lowest BCUT2D eigenvalue weighted by Crippen LogP contribution is -2.06. The Morgan fingerprint density at radius 3 is 1.72 bits per heavy atom. The molecule has 0 N–H and O–H groups in total. The van der Waals surface area contributed by atoms with Crippen LogP contribution in [0.15, 0.2) is 109 Å². The molecule has 5 rings (SSSR count). The van der Waals surface area contributed by atoms with Gasteiger partial charge < -0.3 is 4.57 Å². The lowest BCUT2D eigenvalue weighted by molar-refractivity contribution is 0.813. The van der Waals surface area contributed by atoms with Crippen molar-refractivity contribution in [3.8, 4) is 33.9 Å². The van der Waals surface area contributed by atoms with Gasteiger partial charge in [-0.2, -0.15) is 0 Å². The maximum atomic E-state index is 5.31. The Labute approximate surface area is 189 Å². The summed E-state index contributed by atoms with van der Waals surface area (Å²) in [4.78, 5) is 5.31. The smallest absolute Gasteiger partial charge is 0.142 e. The van der Waals surface area contributed by atoms with Crippen molar-refractivity contribution in [3.63, 3.8) is 0 Å². The monoisotopic (exact) mass is 414 g/mol. The number of imidazole rings is 1. The molecule has 2 heteroatoms. The third-order valence-corrected chi connectivity index (χ3v) is 5.95. The van der Waals surface area contributed by atoms with Gasteiger partial charge in [0.2, 0.25) is 0 Å². The highest BCUT2D eigenvalue weighted by atomic mass is 15.1. The Balaban J connectivity index is 1.85. The third-order valence-electron chi connectivity index (χ3n) is 5.95. The molecule has 0 aliphatic heterocycles. The Kier molecular flexibility index (Phi) is 5.43. The molecular weight excluding hydrogens is 388 g/mol. The fourth-order valence-corrected chi connectivity index (χ4v) is 4.42. The van der Waals surface area contributed by atoms with Gasteiger partial charge in [0, 0.05) is 23.2 Å². The minimum Gasteiger partial charge on any atom is -0.319 e. The summed E-state index contributed by atoms with van der Waals surface area (Å²) in [5, 5.41) is 0. The van der Waals surface area contributed by atoms with Crippen molar-refractivity contribution in [2.75, 3.05) is 0 Å². The molecular formula is C30H26N2. The van der Waals surface area contributed by atoms with Gasteiger partial charge in [-0.1, -0.05) is 109 Å². The Morgan fingerprint density at radius 2 is 1.12 bits per heavy atom. The highest BCUT2D eigenvalue weighted by Gasteiger charge is 2.23. The summed E-state index contributed by atoms with van der Waals surface area (Å²) in [5.41, 5.74) is 9.42. The molecule has 0 amide bonds. The van der Waals surface area contributed by atoms with E-state index in [1.165, 1.54) is 27.8 Å². The van der Waals surface area contributed by atoms with Crippen LogP contribution < -0.4 is 0 Å². The second-order valence-corrected chi connectivity index (χ2v) is 8.20. The standard InChI is InChI=1S/C30H26N2/c1-22-13-12-14-23(2)27(22)30-31-28(25-17-8-4-9-18-25)29(26-19-10-5-11-20-26)32(30)21-24-15-6-3-7-16-24/h3-20H,21H2,1-2H3. The highest BCUT2D eigenvalue weighted by molar-refractivity contribution is 5.83. The molecule has 4 aromatic carbocycles. The first-order valence-corrected chi connectivity index (χ1v) is 11.0. The lowest BCUT2D eigenvalue weighted by Gasteiger charge is -2.16. The molecule has 5 aromatic rings. The zero-order valence-corrected chi connectivity index (χ0v) is 18.5. The van der Waals surface area contributed by atoms with Crippen molar-refractivity contribution in [2.45, 2.75) is 20.4 Å². The molecule has 0 bridgehead atoms. The van der Waals surface area contributed by atoms with E-state index >= 15 is 0 Å². The van der Waals surface area contributed by atoms with E-state index in [-0.39, 0.29) is 0 Å². The maximum Gasteiger partial charge on any atom is 0.142 e. The van der Waals surface area contributed by atoms with E-state index < -0.39 is 0 Å². The SMILES string of the molecule is Cc1cccc(C)c1-c1nc(-c2ccccc2)c(-c2ccccc2)n1Cc1ccccc1. The largest absolute Gasteiger partial charge is 0.319 e. The van der Waals surface area contributed by atoms with Crippen LogP contribution in [-0.2, 0) is 6.54 Å². The average Bonchev–Trinajstić information content (AvgIpc) is 3.19. The van der Waals surface area contributed by atoms with Gasteiger partial charge >= 0.3 is 0 Å². The predicted molar refractivity (Wildman–Crippen MR) is 134 cm³/mol. The van der Waals surface area contributed by atoms with Crippen LogP contribution >= 0.6 is 0 Å². The summed E-state index contributed by atoms with van der Waals surface area (Å²) in [6.07, 6.45) is 0. The average molecular weight is 415 g/mol. The van der Waals surface area contributed by atoms with Crippen LogP contribution in [0.4, 0.5) is 0 Å². The van der Waals surface area contributed by atoms with Gasteiger partial charge in [-0.15, -0.1) is 0 Å². The first-order chi connectivity index (χ1) is 15.7. The molecule has 1 aromatic heterocycles. The van der Waals surface area contributed by atoms with Crippen LogP contribution in [-0.4, -0.2) is 9.55 Å². The van der Waals surface area contributed by atoms with Gasteiger partial charge in [0.05, 0.1) is 11.4 Å². The van der Waals surface area contributed by atoms with E-state index in [0.717, 1.165) is 29.3 Å². The van der Waals surface area contributed by atoms with Crippen LogP contribution in [0.25, 0.3) is 33.9 Å². The number of benzene rings is 4. The lowest BCUT2D eigenvalue weighted by atomic mass is 10.0. The molecule has 0 radical (unpaired) electrons. The number of aryl methyl sites for hydroxylation is 2. The topological polar surface area (TPSA) is 17.8 Å². The van der Waals surface area contributed by atoms with Gasteiger partial charge in [0.1, 0.15) is 5.82 Å². The molecule has 0 unspecified atom stereocenters. The highest BCUT2D eigenvalue weighted by Crippen LogP contribution is 2.38. The molecule has 1 heterocycles. The van der Waals surface area contributed by atoms with Crippen molar-refractivity contribution in [1.29, 1.82) is 0 Å². The number of aromatic nitrogens is 2. The summed E-state index contributed by atoms with van der Waals surface area (Å²) < 4.78 is 2.39. The first kappa shape index (κ1) is 20.0. The van der Waals surface area contributed by atoms with E-state index in [4.69, 9.17) is 4.98 Å². The van der Waals surface area contributed by atoms with Crippen LogP contribution in [0, 0.1) is 13.8 Å². The van der Waals surface area contributed by atoms with Crippen molar-refractivity contribution in [2.24, 2.45) is 0 Å². The summed E-state index contributed by atoms with van der Waals surface area (Å²) >= 11 is 0. The van der Waals surface area contributed by atoms with E-state index in [1.54, 1.807) is 0 Å². The Morgan fingerprint density at radius 1 is 0.594 bits per heavy atom. The van der Waals surface area contributed by atoms with Crippen LogP contribution in [0.5, 0.6) is 0 Å². The van der Waals surface area contributed by atoms with Crippen molar-refractivity contribution in [3.05, 3.63) is 126 Å². The summed E-state index contributed by atoms with van der Waals surface area (Å²) in [5.74, 6) is 1.02. The van der Waals surface area contributed by atoms with Crippen LogP contribution in [0.3, 0.4) is 0 Å². The van der Waals surface area contributed by atoms with Crippen LogP contribution in [0.2, 0.25) is 0 Å². The number of hydrogen-bond donors (Lipinski definition) is 0. The maximum absolute atomic E-state index is 5.31. The predicted octanol–water partition coefficient (Wildman–Crippen LogP) is 7.55. The second kappa shape index (κ2) is 8.68. The summed E-state index contributed by atoms with van der Waals surface area (Å²) in [6.45, 7) is 5.11. The molecule has 0 aliphatic carbocycles. The minimum absolute atomic E-state index is 0.758. The zero-order valence-electron chi connectivity index (χ0n) is 18.5. The van der Waals surface area contributed by atoms with Crippen LogP contribution in [0.1, 0.15) is 16.7 Å². The Hall–Kier alpha value is -3.91. The fourth-order valence-electron chi connectivity index (χ4n) is 4.42. The minimum atomic E-state index is 0.758. The first-order valence-electron chi connectivity index (χ1n) is 11.0. The van der Waals surface area contributed by atoms with Crippen molar-refractivity contribution in [1.82, 2.24) is 9.55 Å². The molecule has 0 saturated carbocycles. The number of rotatable bonds is 5. The molecule has 0 atom stereocenters. The van der Waals surface area contributed by atoms with E-state index in [2.05, 4.69) is 128 Å². The fraction of sp³-hybridized carbons (Fsp3) is 0.100. The van der Waals surface area contributed by atoms with E-state index in [1.807, 2.05) is 0 Å². The number of hydrogen-bond acceptors (Lipinski definition) is 1.